The zero-order valence-corrected chi connectivity index (χ0v) is 11.6. The second-order valence-corrected chi connectivity index (χ2v) is 5.16. The molecule has 1 fully saturated rings. The molecule has 1 N–H and O–H groups in total. The lowest BCUT2D eigenvalue weighted by molar-refractivity contribution is -0.137. The molecule has 0 amide bonds. The first-order chi connectivity index (χ1) is 9.97. The molecule has 2 aromatic rings. The average Bonchev–Trinajstić information content (AvgIpc) is 2.89. The highest BCUT2D eigenvalue weighted by Gasteiger charge is 2.31. The van der Waals surface area contributed by atoms with Gasteiger partial charge in [0.15, 0.2) is 11.5 Å². The smallest absolute Gasteiger partial charge is 0.314 e. The summed E-state index contributed by atoms with van der Waals surface area (Å²) < 4.78 is 39.9. The first kappa shape index (κ1) is 14.3. The predicted octanol–water partition coefficient (Wildman–Crippen LogP) is 1.71. The van der Waals surface area contributed by atoms with Crippen LogP contribution in [-0.4, -0.2) is 45.7 Å². The van der Waals surface area contributed by atoms with E-state index in [1.54, 1.807) is 0 Å². The SMILES string of the molecule is CC(c1nnc2ccc(C(F)(F)F)cn12)N1CCNCC1. The molecule has 1 atom stereocenters. The van der Waals surface area contributed by atoms with E-state index in [1.807, 2.05) is 6.92 Å². The molecule has 114 valence electrons. The molecule has 0 aromatic carbocycles. The number of pyridine rings is 1. The first-order valence-electron chi connectivity index (χ1n) is 6.83. The van der Waals surface area contributed by atoms with Gasteiger partial charge in [-0.25, -0.2) is 0 Å². The summed E-state index contributed by atoms with van der Waals surface area (Å²) in [7, 11) is 0. The number of fused-ring (bicyclic) bond motifs is 1. The van der Waals surface area contributed by atoms with Crippen LogP contribution in [0, 0.1) is 0 Å². The van der Waals surface area contributed by atoms with Crippen LogP contribution in [0.2, 0.25) is 0 Å². The number of nitrogens with one attached hydrogen (secondary N) is 1. The number of alkyl halides is 3. The topological polar surface area (TPSA) is 45.5 Å². The summed E-state index contributed by atoms with van der Waals surface area (Å²) in [6.45, 7) is 5.37. The molecule has 8 heteroatoms. The van der Waals surface area contributed by atoms with E-state index in [1.165, 1.54) is 10.5 Å². The maximum atomic E-state index is 12.8. The number of halogens is 3. The molecule has 0 saturated carbocycles. The van der Waals surface area contributed by atoms with Gasteiger partial charge >= 0.3 is 6.18 Å². The molecule has 1 aliphatic rings. The van der Waals surface area contributed by atoms with E-state index in [0.29, 0.717) is 11.5 Å². The first-order valence-corrected chi connectivity index (χ1v) is 6.83. The second-order valence-electron chi connectivity index (χ2n) is 5.16. The number of hydrogen-bond acceptors (Lipinski definition) is 4. The van der Waals surface area contributed by atoms with E-state index in [0.717, 1.165) is 38.4 Å². The fourth-order valence-corrected chi connectivity index (χ4v) is 2.59. The zero-order valence-electron chi connectivity index (χ0n) is 11.6. The van der Waals surface area contributed by atoms with Crippen molar-refractivity contribution < 1.29 is 13.2 Å². The van der Waals surface area contributed by atoms with Crippen LogP contribution in [0.3, 0.4) is 0 Å². The van der Waals surface area contributed by atoms with Crippen LogP contribution >= 0.6 is 0 Å². The van der Waals surface area contributed by atoms with Crippen LogP contribution in [0.15, 0.2) is 18.3 Å². The zero-order chi connectivity index (χ0) is 15.0. The Kier molecular flexibility index (Phi) is 3.58. The molecule has 1 aliphatic heterocycles. The Morgan fingerprint density at radius 3 is 2.57 bits per heavy atom. The summed E-state index contributed by atoms with van der Waals surface area (Å²) >= 11 is 0. The normalized spacial score (nSPS) is 19.0. The van der Waals surface area contributed by atoms with Gasteiger partial charge in [0.05, 0.1) is 11.6 Å². The van der Waals surface area contributed by atoms with Gasteiger partial charge in [0, 0.05) is 32.4 Å². The van der Waals surface area contributed by atoms with Crippen LogP contribution < -0.4 is 5.32 Å². The third-order valence-corrected chi connectivity index (χ3v) is 3.83. The number of rotatable bonds is 2. The quantitative estimate of drug-likeness (QED) is 0.917. The van der Waals surface area contributed by atoms with Gasteiger partial charge in [0.1, 0.15) is 0 Å². The molecular formula is C13H16F3N5. The maximum absolute atomic E-state index is 12.8. The third kappa shape index (κ3) is 2.73. The number of piperazine rings is 1. The van der Waals surface area contributed by atoms with Crippen molar-refractivity contribution in [3.05, 3.63) is 29.7 Å². The van der Waals surface area contributed by atoms with Crippen molar-refractivity contribution in [2.45, 2.75) is 19.1 Å². The Morgan fingerprint density at radius 1 is 1.19 bits per heavy atom. The Labute approximate surface area is 119 Å². The molecule has 0 aliphatic carbocycles. The van der Waals surface area contributed by atoms with Gasteiger partial charge in [-0.2, -0.15) is 13.2 Å². The third-order valence-electron chi connectivity index (χ3n) is 3.83. The van der Waals surface area contributed by atoms with Gasteiger partial charge in [0.2, 0.25) is 0 Å². The average molecular weight is 299 g/mol. The van der Waals surface area contributed by atoms with Crippen LogP contribution in [0.5, 0.6) is 0 Å². The highest BCUT2D eigenvalue weighted by atomic mass is 19.4. The Balaban J connectivity index is 1.98. The van der Waals surface area contributed by atoms with E-state index in [-0.39, 0.29) is 6.04 Å². The molecule has 1 unspecified atom stereocenters. The van der Waals surface area contributed by atoms with Gasteiger partial charge in [-0.1, -0.05) is 0 Å². The van der Waals surface area contributed by atoms with E-state index in [9.17, 15) is 13.2 Å². The summed E-state index contributed by atoms with van der Waals surface area (Å²) in [4.78, 5) is 2.19. The van der Waals surface area contributed by atoms with Gasteiger partial charge in [0.25, 0.3) is 0 Å². The minimum absolute atomic E-state index is 0.0782. The van der Waals surface area contributed by atoms with Crippen molar-refractivity contribution >= 4 is 5.65 Å². The molecule has 2 aromatic heterocycles. The number of hydrogen-bond donors (Lipinski definition) is 1. The van der Waals surface area contributed by atoms with E-state index in [2.05, 4.69) is 20.4 Å². The molecule has 21 heavy (non-hydrogen) atoms. The molecule has 3 heterocycles. The van der Waals surface area contributed by atoms with Crippen molar-refractivity contribution in [3.8, 4) is 0 Å². The molecule has 0 radical (unpaired) electrons. The molecule has 0 bridgehead atoms. The summed E-state index contributed by atoms with van der Waals surface area (Å²) in [6.07, 6.45) is -3.29. The molecular weight excluding hydrogens is 283 g/mol. The Morgan fingerprint density at radius 2 is 1.90 bits per heavy atom. The van der Waals surface area contributed by atoms with Gasteiger partial charge in [-0.05, 0) is 19.1 Å². The van der Waals surface area contributed by atoms with Crippen molar-refractivity contribution in [2.75, 3.05) is 26.2 Å². The van der Waals surface area contributed by atoms with Gasteiger partial charge in [-0.3, -0.25) is 9.30 Å². The molecule has 0 spiro atoms. The summed E-state index contributed by atoms with van der Waals surface area (Å²) in [5.41, 5.74) is -0.261. The van der Waals surface area contributed by atoms with Crippen LogP contribution in [0.25, 0.3) is 5.65 Å². The second kappa shape index (κ2) is 5.27. The molecule has 5 nitrogen and oxygen atoms in total. The lowest BCUT2D eigenvalue weighted by Gasteiger charge is -2.31. The fourth-order valence-electron chi connectivity index (χ4n) is 2.59. The van der Waals surface area contributed by atoms with E-state index in [4.69, 9.17) is 0 Å². The summed E-state index contributed by atoms with van der Waals surface area (Å²) in [6, 6.07) is 2.30. The lowest BCUT2D eigenvalue weighted by atomic mass is 10.2. The van der Waals surface area contributed by atoms with Crippen molar-refractivity contribution in [1.82, 2.24) is 24.8 Å². The maximum Gasteiger partial charge on any atom is 0.417 e. The number of nitrogens with zero attached hydrogens (tertiary/aromatic N) is 4. The minimum atomic E-state index is -4.37. The van der Waals surface area contributed by atoms with Crippen molar-refractivity contribution in [2.24, 2.45) is 0 Å². The summed E-state index contributed by atoms with van der Waals surface area (Å²) in [5.74, 6) is 0.540. The standard InChI is InChI=1S/C13H16F3N5/c1-9(20-6-4-17-5-7-20)12-19-18-11-3-2-10(8-21(11)12)13(14,15)16/h2-3,8-9,17H,4-7H2,1H3. The highest BCUT2D eigenvalue weighted by Crippen LogP contribution is 2.30. The summed E-state index contributed by atoms with van der Waals surface area (Å²) in [5, 5.41) is 11.3. The van der Waals surface area contributed by atoms with Crippen molar-refractivity contribution in [1.29, 1.82) is 0 Å². The number of aromatic nitrogens is 3. The highest BCUT2D eigenvalue weighted by molar-refractivity contribution is 5.40. The fraction of sp³-hybridized carbons (Fsp3) is 0.538. The van der Waals surface area contributed by atoms with Gasteiger partial charge in [-0.15, -0.1) is 10.2 Å². The van der Waals surface area contributed by atoms with E-state index >= 15 is 0 Å². The minimum Gasteiger partial charge on any atom is -0.314 e. The monoisotopic (exact) mass is 299 g/mol. The lowest BCUT2D eigenvalue weighted by Crippen LogP contribution is -2.44. The van der Waals surface area contributed by atoms with E-state index < -0.39 is 11.7 Å². The van der Waals surface area contributed by atoms with Crippen LogP contribution in [0.1, 0.15) is 24.4 Å². The predicted molar refractivity (Wildman–Crippen MR) is 70.8 cm³/mol. The van der Waals surface area contributed by atoms with Crippen molar-refractivity contribution in [3.63, 3.8) is 0 Å². The Hall–Kier alpha value is -1.67. The van der Waals surface area contributed by atoms with Crippen LogP contribution in [0.4, 0.5) is 13.2 Å². The molecule has 3 rings (SSSR count). The van der Waals surface area contributed by atoms with Gasteiger partial charge < -0.3 is 5.32 Å². The molecule has 1 saturated heterocycles. The van der Waals surface area contributed by atoms with Crippen LogP contribution in [-0.2, 0) is 6.18 Å². The Bertz CT molecular complexity index is 630. The largest absolute Gasteiger partial charge is 0.417 e.